The van der Waals surface area contributed by atoms with Gasteiger partial charge >= 0.3 is 6.03 Å². The highest BCUT2D eigenvalue weighted by molar-refractivity contribution is 5.75. The molecule has 0 spiro atoms. The van der Waals surface area contributed by atoms with Crippen LogP contribution in [0.15, 0.2) is 42.7 Å². The summed E-state index contributed by atoms with van der Waals surface area (Å²) in [7, 11) is 1.65. The number of methoxy groups -OCH3 is 1. The van der Waals surface area contributed by atoms with Crippen molar-refractivity contribution in [3.63, 3.8) is 0 Å². The number of aromatic nitrogens is 2. The zero-order valence-electron chi connectivity index (χ0n) is 14.3. The van der Waals surface area contributed by atoms with E-state index in [-0.39, 0.29) is 12.1 Å². The van der Waals surface area contributed by atoms with Gasteiger partial charge in [0.2, 0.25) is 5.95 Å². The molecule has 1 saturated heterocycles. The van der Waals surface area contributed by atoms with E-state index in [1.807, 2.05) is 29.2 Å². The molecule has 1 aromatic heterocycles. The van der Waals surface area contributed by atoms with Crippen LogP contribution in [0.5, 0.6) is 5.75 Å². The third-order valence-corrected chi connectivity index (χ3v) is 4.26. The van der Waals surface area contributed by atoms with E-state index in [0.29, 0.717) is 19.0 Å². The number of hydrogen-bond donors (Lipinski definition) is 2. The van der Waals surface area contributed by atoms with Gasteiger partial charge in [0.15, 0.2) is 0 Å². The number of nitrogens with one attached hydrogen (secondary N) is 2. The van der Waals surface area contributed by atoms with Crippen LogP contribution < -0.4 is 15.4 Å². The molecular weight excluding hydrogens is 318 g/mol. The molecule has 3 rings (SSSR count). The van der Waals surface area contributed by atoms with Gasteiger partial charge in [-0.15, -0.1) is 0 Å². The largest absolute Gasteiger partial charge is 0.497 e. The summed E-state index contributed by atoms with van der Waals surface area (Å²) in [5.74, 6) is 1.39. The Labute approximate surface area is 147 Å². The Morgan fingerprint density at radius 2 is 2.00 bits per heavy atom. The molecule has 132 valence electrons. The molecule has 2 heterocycles. The first-order valence-corrected chi connectivity index (χ1v) is 8.47. The van der Waals surface area contributed by atoms with Gasteiger partial charge in [-0.1, -0.05) is 12.1 Å². The molecule has 0 saturated carbocycles. The number of nitrogens with zero attached hydrogens (tertiary/aromatic N) is 3. The summed E-state index contributed by atoms with van der Waals surface area (Å²) in [5, 5.41) is 6.04. The minimum Gasteiger partial charge on any atom is -0.497 e. The lowest BCUT2D eigenvalue weighted by molar-refractivity contribution is 0.193. The molecule has 2 aromatic rings. The van der Waals surface area contributed by atoms with Crippen molar-refractivity contribution in [2.75, 3.05) is 32.1 Å². The highest BCUT2D eigenvalue weighted by Gasteiger charge is 2.29. The molecule has 0 unspecified atom stereocenters. The second kappa shape index (κ2) is 8.32. The van der Waals surface area contributed by atoms with Gasteiger partial charge in [-0.25, -0.2) is 14.8 Å². The van der Waals surface area contributed by atoms with E-state index < -0.39 is 0 Å². The number of carbonyl (C=O) groups excluding carboxylic acids is 1. The van der Waals surface area contributed by atoms with Crippen molar-refractivity contribution >= 4 is 12.0 Å². The van der Waals surface area contributed by atoms with Crippen LogP contribution in [0.3, 0.4) is 0 Å². The predicted octanol–water partition coefficient (Wildman–Crippen LogP) is 2.44. The van der Waals surface area contributed by atoms with Crippen LogP contribution >= 0.6 is 0 Å². The monoisotopic (exact) mass is 341 g/mol. The molecule has 1 aliphatic heterocycles. The van der Waals surface area contributed by atoms with Crippen molar-refractivity contribution in [3.8, 4) is 5.75 Å². The average molecular weight is 341 g/mol. The topological polar surface area (TPSA) is 79.4 Å². The van der Waals surface area contributed by atoms with Crippen LogP contribution in [0.4, 0.5) is 10.7 Å². The van der Waals surface area contributed by atoms with Crippen LogP contribution in [-0.4, -0.2) is 47.6 Å². The van der Waals surface area contributed by atoms with Gasteiger partial charge in [0.1, 0.15) is 5.75 Å². The fourth-order valence-corrected chi connectivity index (χ4v) is 3.02. The SMILES string of the molecule is COc1ccc([C@@H]2CCCN2C(=O)NCCNc2ncccn2)cc1. The molecule has 0 bridgehead atoms. The van der Waals surface area contributed by atoms with Gasteiger partial charge < -0.3 is 20.3 Å². The van der Waals surface area contributed by atoms with Crippen LogP contribution in [0.25, 0.3) is 0 Å². The molecule has 25 heavy (non-hydrogen) atoms. The minimum atomic E-state index is -0.0332. The van der Waals surface area contributed by atoms with E-state index in [2.05, 4.69) is 20.6 Å². The van der Waals surface area contributed by atoms with E-state index in [1.165, 1.54) is 0 Å². The quantitative estimate of drug-likeness (QED) is 0.789. The zero-order valence-corrected chi connectivity index (χ0v) is 14.3. The van der Waals surface area contributed by atoms with Crippen molar-refractivity contribution in [2.45, 2.75) is 18.9 Å². The van der Waals surface area contributed by atoms with Crippen LogP contribution in [0.2, 0.25) is 0 Å². The molecule has 2 amide bonds. The Balaban J connectivity index is 1.50. The summed E-state index contributed by atoms with van der Waals surface area (Å²) < 4.78 is 5.20. The van der Waals surface area contributed by atoms with E-state index in [4.69, 9.17) is 4.74 Å². The molecule has 1 aliphatic rings. The third-order valence-electron chi connectivity index (χ3n) is 4.26. The lowest BCUT2D eigenvalue weighted by Crippen LogP contribution is -2.41. The number of urea groups is 1. The van der Waals surface area contributed by atoms with Gasteiger partial charge in [-0.05, 0) is 36.6 Å². The van der Waals surface area contributed by atoms with E-state index >= 15 is 0 Å². The Hall–Kier alpha value is -2.83. The highest BCUT2D eigenvalue weighted by atomic mass is 16.5. The molecule has 1 fully saturated rings. The van der Waals surface area contributed by atoms with Gasteiger partial charge in [0, 0.05) is 32.0 Å². The van der Waals surface area contributed by atoms with E-state index in [1.54, 1.807) is 25.6 Å². The van der Waals surface area contributed by atoms with Gasteiger partial charge in [0.25, 0.3) is 0 Å². The predicted molar refractivity (Wildman–Crippen MR) is 95.6 cm³/mol. The third kappa shape index (κ3) is 4.37. The van der Waals surface area contributed by atoms with Crippen molar-refractivity contribution in [1.82, 2.24) is 20.2 Å². The fraction of sp³-hybridized carbons (Fsp3) is 0.389. The van der Waals surface area contributed by atoms with Crippen molar-refractivity contribution in [2.24, 2.45) is 0 Å². The number of rotatable bonds is 6. The zero-order chi connectivity index (χ0) is 17.5. The lowest BCUT2D eigenvalue weighted by atomic mass is 10.0. The molecule has 0 radical (unpaired) electrons. The number of amides is 2. The van der Waals surface area contributed by atoms with E-state index in [9.17, 15) is 4.79 Å². The van der Waals surface area contributed by atoms with Crippen LogP contribution in [0.1, 0.15) is 24.4 Å². The Morgan fingerprint density at radius 1 is 1.24 bits per heavy atom. The maximum absolute atomic E-state index is 12.5. The lowest BCUT2D eigenvalue weighted by Gasteiger charge is -2.25. The number of benzene rings is 1. The summed E-state index contributed by atoms with van der Waals surface area (Å²) >= 11 is 0. The molecule has 0 aliphatic carbocycles. The van der Waals surface area contributed by atoms with Crippen LogP contribution in [0, 0.1) is 0 Å². The number of carbonyl (C=O) groups is 1. The summed E-state index contributed by atoms with van der Waals surface area (Å²) in [6.45, 7) is 1.87. The van der Waals surface area contributed by atoms with Gasteiger partial charge in [-0.2, -0.15) is 0 Å². The minimum absolute atomic E-state index is 0.0332. The van der Waals surface area contributed by atoms with Gasteiger partial charge in [0.05, 0.1) is 13.2 Å². The molecule has 1 atom stereocenters. The van der Waals surface area contributed by atoms with Crippen molar-refractivity contribution < 1.29 is 9.53 Å². The van der Waals surface area contributed by atoms with Gasteiger partial charge in [-0.3, -0.25) is 0 Å². The summed E-state index contributed by atoms with van der Waals surface area (Å²) in [6, 6.07) is 9.79. The summed E-state index contributed by atoms with van der Waals surface area (Å²) in [6.07, 6.45) is 5.35. The smallest absolute Gasteiger partial charge is 0.317 e. The van der Waals surface area contributed by atoms with Crippen LogP contribution in [-0.2, 0) is 0 Å². The summed E-state index contributed by atoms with van der Waals surface area (Å²) in [4.78, 5) is 22.6. The van der Waals surface area contributed by atoms with E-state index in [0.717, 1.165) is 30.7 Å². The average Bonchev–Trinajstić information content (AvgIpc) is 3.16. The second-order valence-corrected chi connectivity index (χ2v) is 5.86. The highest BCUT2D eigenvalue weighted by Crippen LogP contribution is 2.32. The molecule has 2 N–H and O–H groups in total. The number of likely N-dealkylation sites (tertiary alicyclic amines) is 1. The first-order valence-electron chi connectivity index (χ1n) is 8.47. The maximum atomic E-state index is 12.5. The van der Waals surface area contributed by atoms with Crippen molar-refractivity contribution in [3.05, 3.63) is 48.3 Å². The summed E-state index contributed by atoms with van der Waals surface area (Å²) in [5.41, 5.74) is 1.14. The molecular formula is C18H23N5O2. The first-order chi connectivity index (χ1) is 12.3. The number of ether oxygens (including phenoxy) is 1. The normalized spacial score (nSPS) is 16.5. The fourth-order valence-electron chi connectivity index (χ4n) is 3.02. The molecule has 1 aromatic carbocycles. The Morgan fingerprint density at radius 3 is 2.72 bits per heavy atom. The van der Waals surface area contributed by atoms with Crippen molar-refractivity contribution in [1.29, 1.82) is 0 Å². The first kappa shape index (κ1) is 17.0. The standard InChI is InChI=1S/C18H23N5O2/c1-25-15-7-5-14(6-8-15)16-4-2-13-23(16)18(24)22-12-11-21-17-19-9-3-10-20-17/h3,5-10,16H,2,4,11-13H2,1H3,(H,22,24)(H,19,20,21)/t16-/m0/s1. The molecule has 7 heteroatoms. The second-order valence-electron chi connectivity index (χ2n) is 5.86. The maximum Gasteiger partial charge on any atom is 0.317 e. The molecule has 7 nitrogen and oxygen atoms in total. The number of anilines is 1. The Kier molecular flexibility index (Phi) is 5.66. The Bertz CT molecular complexity index is 678. The number of hydrogen-bond acceptors (Lipinski definition) is 5.